The SMILES string of the molecule is C[C@@H]1CN(CC2Cc3ccccc3O2)C[C@H]1C(=O)O. The Morgan fingerprint density at radius 3 is 2.89 bits per heavy atom. The highest BCUT2D eigenvalue weighted by atomic mass is 16.5. The number of rotatable bonds is 3. The normalized spacial score (nSPS) is 30.1. The Labute approximate surface area is 113 Å². The molecular formula is C15H19NO3. The summed E-state index contributed by atoms with van der Waals surface area (Å²) in [5.41, 5.74) is 1.26. The fourth-order valence-corrected chi connectivity index (χ4v) is 3.18. The van der Waals surface area contributed by atoms with Gasteiger partial charge in [-0.3, -0.25) is 9.69 Å². The first-order valence-electron chi connectivity index (χ1n) is 6.83. The van der Waals surface area contributed by atoms with Crippen LogP contribution in [0.5, 0.6) is 5.75 Å². The van der Waals surface area contributed by atoms with E-state index in [9.17, 15) is 4.79 Å². The van der Waals surface area contributed by atoms with Crippen molar-refractivity contribution in [3.63, 3.8) is 0 Å². The average molecular weight is 261 g/mol. The second kappa shape index (κ2) is 4.85. The smallest absolute Gasteiger partial charge is 0.308 e. The Morgan fingerprint density at radius 1 is 1.42 bits per heavy atom. The Balaban J connectivity index is 1.59. The first-order chi connectivity index (χ1) is 9.13. The average Bonchev–Trinajstić information content (AvgIpc) is 2.92. The number of nitrogens with zero attached hydrogens (tertiary/aromatic N) is 1. The van der Waals surface area contributed by atoms with Gasteiger partial charge in [0.1, 0.15) is 11.9 Å². The van der Waals surface area contributed by atoms with Crippen molar-refractivity contribution in [2.45, 2.75) is 19.4 Å². The van der Waals surface area contributed by atoms with Gasteiger partial charge in [0, 0.05) is 26.1 Å². The maximum atomic E-state index is 11.1. The molecule has 1 unspecified atom stereocenters. The standard InChI is InChI=1S/C15H19NO3/c1-10-7-16(9-13(10)15(17)18)8-12-6-11-4-2-3-5-14(11)19-12/h2-5,10,12-13H,6-9H2,1H3,(H,17,18)/t10-,12?,13-/m1/s1. The van der Waals surface area contributed by atoms with Gasteiger partial charge in [0.2, 0.25) is 0 Å². The zero-order valence-corrected chi connectivity index (χ0v) is 11.1. The number of fused-ring (bicyclic) bond motifs is 1. The van der Waals surface area contributed by atoms with Crippen molar-refractivity contribution in [3.8, 4) is 5.75 Å². The van der Waals surface area contributed by atoms with Crippen LogP contribution in [0.3, 0.4) is 0 Å². The summed E-state index contributed by atoms with van der Waals surface area (Å²) in [6, 6.07) is 8.12. The number of para-hydroxylation sites is 1. The summed E-state index contributed by atoms with van der Waals surface area (Å²) in [4.78, 5) is 13.3. The number of ether oxygens (including phenoxy) is 1. The number of carboxylic acids is 1. The van der Waals surface area contributed by atoms with Crippen LogP contribution in [0, 0.1) is 11.8 Å². The van der Waals surface area contributed by atoms with Crippen LogP contribution in [-0.2, 0) is 11.2 Å². The highest BCUT2D eigenvalue weighted by molar-refractivity contribution is 5.71. The lowest BCUT2D eigenvalue weighted by Gasteiger charge is -2.19. The number of hydrogen-bond donors (Lipinski definition) is 1. The van der Waals surface area contributed by atoms with Crippen LogP contribution in [0.2, 0.25) is 0 Å². The third-order valence-corrected chi connectivity index (χ3v) is 4.18. The van der Waals surface area contributed by atoms with E-state index in [0.717, 1.165) is 25.3 Å². The van der Waals surface area contributed by atoms with E-state index in [2.05, 4.69) is 11.0 Å². The monoisotopic (exact) mass is 261 g/mol. The van der Waals surface area contributed by atoms with Crippen LogP contribution >= 0.6 is 0 Å². The lowest BCUT2D eigenvalue weighted by molar-refractivity contribution is -0.142. The van der Waals surface area contributed by atoms with E-state index in [4.69, 9.17) is 9.84 Å². The highest BCUT2D eigenvalue weighted by Crippen LogP contribution is 2.30. The molecule has 0 amide bonds. The molecule has 2 heterocycles. The predicted molar refractivity (Wildman–Crippen MR) is 71.3 cm³/mol. The summed E-state index contributed by atoms with van der Waals surface area (Å²) in [5, 5.41) is 9.15. The summed E-state index contributed by atoms with van der Waals surface area (Å²) in [7, 11) is 0. The summed E-state index contributed by atoms with van der Waals surface area (Å²) in [5.74, 6) is 0.296. The summed E-state index contributed by atoms with van der Waals surface area (Å²) < 4.78 is 5.91. The van der Waals surface area contributed by atoms with Gasteiger partial charge in [-0.1, -0.05) is 25.1 Å². The van der Waals surface area contributed by atoms with Gasteiger partial charge in [-0.25, -0.2) is 0 Å². The number of carboxylic acid groups (broad SMARTS) is 1. The van der Waals surface area contributed by atoms with Crippen LogP contribution in [0.25, 0.3) is 0 Å². The van der Waals surface area contributed by atoms with Crippen molar-refractivity contribution >= 4 is 5.97 Å². The Kier molecular flexibility index (Phi) is 3.19. The molecule has 0 aromatic heterocycles. The minimum absolute atomic E-state index is 0.164. The van der Waals surface area contributed by atoms with E-state index in [0.29, 0.717) is 6.54 Å². The zero-order chi connectivity index (χ0) is 13.4. The van der Waals surface area contributed by atoms with Crippen LogP contribution in [0.4, 0.5) is 0 Å². The molecule has 3 rings (SSSR count). The first-order valence-corrected chi connectivity index (χ1v) is 6.83. The molecule has 2 aliphatic rings. The molecule has 2 aliphatic heterocycles. The maximum absolute atomic E-state index is 11.1. The molecule has 4 nitrogen and oxygen atoms in total. The summed E-state index contributed by atoms with van der Waals surface area (Å²) in [6.07, 6.45) is 1.09. The molecular weight excluding hydrogens is 242 g/mol. The molecule has 1 fully saturated rings. The lowest BCUT2D eigenvalue weighted by Crippen LogP contribution is -2.34. The number of carbonyl (C=O) groups is 1. The number of hydrogen-bond acceptors (Lipinski definition) is 3. The van der Waals surface area contributed by atoms with Gasteiger partial charge in [-0.15, -0.1) is 0 Å². The van der Waals surface area contributed by atoms with E-state index >= 15 is 0 Å². The van der Waals surface area contributed by atoms with E-state index in [1.165, 1.54) is 5.56 Å². The first kappa shape index (κ1) is 12.5. The molecule has 4 heteroatoms. The Morgan fingerprint density at radius 2 is 2.21 bits per heavy atom. The van der Waals surface area contributed by atoms with Crippen molar-refractivity contribution in [1.29, 1.82) is 0 Å². The molecule has 19 heavy (non-hydrogen) atoms. The fourth-order valence-electron chi connectivity index (χ4n) is 3.18. The third-order valence-electron chi connectivity index (χ3n) is 4.18. The van der Waals surface area contributed by atoms with Crippen molar-refractivity contribution < 1.29 is 14.6 Å². The second-order valence-electron chi connectivity index (χ2n) is 5.69. The summed E-state index contributed by atoms with van der Waals surface area (Å²) >= 11 is 0. The van der Waals surface area contributed by atoms with Crippen LogP contribution in [0.15, 0.2) is 24.3 Å². The largest absolute Gasteiger partial charge is 0.488 e. The van der Waals surface area contributed by atoms with Gasteiger partial charge >= 0.3 is 5.97 Å². The van der Waals surface area contributed by atoms with Crippen LogP contribution in [-0.4, -0.2) is 41.7 Å². The highest BCUT2D eigenvalue weighted by Gasteiger charge is 2.36. The van der Waals surface area contributed by atoms with E-state index in [-0.39, 0.29) is 17.9 Å². The van der Waals surface area contributed by atoms with Gasteiger partial charge in [0.25, 0.3) is 0 Å². The number of likely N-dealkylation sites (tertiary alicyclic amines) is 1. The van der Waals surface area contributed by atoms with E-state index in [1.807, 2.05) is 25.1 Å². The maximum Gasteiger partial charge on any atom is 0.308 e. The van der Waals surface area contributed by atoms with Crippen molar-refractivity contribution in [2.24, 2.45) is 11.8 Å². The van der Waals surface area contributed by atoms with Crippen LogP contribution in [0.1, 0.15) is 12.5 Å². The second-order valence-corrected chi connectivity index (χ2v) is 5.69. The summed E-state index contributed by atoms with van der Waals surface area (Å²) in [6.45, 7) is 4.34. The van der Waals surface area contributed by atoms with Gasteiger partial charge < -0.3 is 9.84 Å². The minimum atomic E-state index is -0.675. The Bertz CT molecular complexity index is 463. The molecule has 0 spiro atoms. The van der Waals surface area contributed by atoms with Gasteiger partial charge in [0.05, 0.1) is 5.92 Å². The predicted octanol–water partition coefficient (Wildman–Crippen LogP) is 1.64. The molecule has 1 saturated heterocycles. The quantitative estimate of drug-likeness (QED) is 0.898. The van der Waals surface area contributed by atoms with Crippen LogP contribution < -0.4 is 4.74 Å². The molecule has 0 bridgehead atoms. The molecule has 0 radical (unpaired) electrons. The Hall–Kier alpha value is -1.55. The number of aliphatic carboxylic acids is 1. The zero-order valence-electron chi connectivity index (χ0n) is 11.1. The molecule has 3 atom stereocenters. The molecule has 1 aromatic rings. The fraction of sp³-hybridized carbons (Fsp3) is 0.533. The molecule has 0 saturated carbocycles. The van der Waals surface area contributed by atoms with Gasteiger partial charge in [-0.05, 0) is 17.5 Å². The van der Waals surface area contributed by atoms with Gasteiger partial charge in [0.15, 0.2) is 0 Å². The third kappa shape index (κ3) is 2.45. The van der Waals surface area contributed by atoms with Crippen molar-refractivity contribution in [2.75, 3.05) is 19.6 Å². The number of benzene rings is 1. The minimum Gasteiger partial charge on any atom is -0.488 e. The topological polar surface area (TPSA) is 49.8 Å². The van der Waals surface area contributed by atoms with E-state index < -0.39 is 5.97 Å². The van der Waals surface area contributed by atoms with Crippen molar-refractivity contribution in [3.05, 3.63) is 29.8 Å². The van der Waals surface area contributed by atoms with E-state index in [1.54, 1.807) is 0 Å². The lowest BCUT2D eigenvalue weighted by atomic mass is 9.99. The van der Waals surface area contributed by atoms with Gasteiger partial charge in [-0.2, -0.15) is 0 Å². The van der Waals surface area contributed by atoms with Crippen molar-refractivity contribution in [1.82, 2.24) is 4.90 Å². The molecule has 0 aliphatic carbocycles. The molecule has 1 N–H and O–H groups in total. The molecule has 1 aromatic carbocycles. The molecule has 102 valence electrons.